The summed E-state index contributed by atoms with van der Waals surface area (Å²) in [6.45, 7) is 6.01. The number of ether oxygens (including phenoxy) is 2. The van der Waals surface area contributed by atoms with Crippen LogP contribution in [0.25, 0.3) is 29.3 Å². The summed E-state index contributed by atoms with van der Waals surface area (Å²) < 4.78 is 12.1. The molecule has 4 aromatic heterocycles. The van der Waals surface area contributed by atoms with Crippen molar-refractivity contribution in [2.24, 2.45) is 0 Å². The maximum Gasteiger partial charge on any atom is 1.00 e. The van der Waals surface area contributed by atoms with Gasteiger partial charge in [-0.1, -0.05) is 50.5 Å². The molecule has 7 heteroatoms. The van der Waals surface area contributed by atoms with E-state index in [1.54, 1.807) is 22.7 Å². The molecule has 33 heavy (non-hydrogen) atoms. The first-order valence-corrected chi connectivity index (χ1v) is 14.7. The molecule has 0 saturated carbocycles. The summed E-state index contributed by atoms with van der Waals surface area (Å²) in [5.74, 6) is 1.99. The minimum atomic E-state index is 0. The number of hydrogen-bond acceptors (Lipinski definition) is 6. The molecule has 0 N–H and O–H groups in total. The fourth-order valence-electron chi connectivity index (χ4n) is 3.38. The molecule has 0 aliphatic rings. The van der Waals surface area contributed by atoms with Gasteiger partial charge in [-0.2, -0.15) is 0 Å². The van der Waals surface area contributed by atoms with Crippen LogP contribution in [0.1, 0.15) is 52.4 Å². The molecule has 0 unspecified atom stereocenters. The molecule has 0 aromatic carbocycles. The van der Waals surface area contributed by atoms with E-state index in [0.717, 1.165) is 37.6 Å². The largest absolute Gasteiger partial charge is 1.00 e. The molecule has 2 nitrogen and oxygen atoms in total. The second-order valence-electron chi connectivity index (χ2n) is 7.61. The van der Waals surface area contributed by atoms with Crippen molar-refractivity contribution >= 4 is 45.3 Å². The third-order valence-electron chi connectivity index (χ3n) is 5.12. The zero-order valence-corrected chi connectivity index (χ0v) is 22.9. The van der Waals surface area contributed by atoms with Crippen molar-refractivity contribution in [3.8, 4) is 40.8 Å². The van der Waals surface area contributed by atoms with E-state index in [1.165, 1.54) is 54.9 Å². The van der Waals surface area contributed by atoms with Crippen molar-refractivity contribution in [1.29, 1.82) is 0 Å². The maximum atomic E-state index is 6.07. The molecule has 0 amide bonds. The van der Waals surface area contributed by atoms with Gasteiger partial charge in [-0.15, -0.1) is 45.5 Å². The van der Waals surface area contributed by atoms with Gasteiger partial charge in [0.1, 0.15) is 5.75 Å². The van der Waals surface area contributed by atoms with Crippen LogP contribution >= 0.6 is 45.3 Å². The number of thiophene rings is 4. The number of hydrogen-bond donors (Lipinski definition) is 0. The molecular formula is C26H29LiO2S4. The Balaban J connectivity index is 0.00000306. The smallest absolute Gasteiger partial charge is 0.561 e. The third-order valence-corrected chi connectivity index (χ3v) is 9.57. The van der Waals surface area contributed by atoms with Gasteiger partial charge in [-0.3, -0.25) is 11.3 Å². The molecule has 0 fully saturated rings. The molecule has 0 bridgehead atoms. The van der Waals surface area contributed by atoms with E-state index in [9.17, 15) is 0 Å². The summed E-state index contributed by atoms with van der Waals surface area (Å²) >= 11 is 7.07. The monoisotopic (exact) mass is 508 g/mol. The van der Waals surface area contributed by atoms with Crippen LogP contribution in [0.5, 0.6) is 11.5 Å². The van der Waals surface area contributed by atoms with Crippen molar-refractivity contribution < 1.29 is 28.3 Å². The van der Waals surface area contributed by atoms with Gasteiger partial charge < -0.3 is 9.47 Å². The standard InChI is InChI=1S/C26H29O2S4.Li/c1-3-5-7-15-27-19-13-17-29-25(19)23-11-9-21(31-23)22-10-12-24(32-22)26-20(14-18-30-26)28-16-8-6-4-2;/h9-14,17H,3-8,15-16H2,1-2H3;/q-1;+1. The molecule has 4 heterocycles. The topological polar surface area (TPSA) is 18.5 Å². The first-order valence-electron chi connectivity index (χ1n) is 11.3. The first-order chi connectivity index (χ1) is 15.8. The zero-order valence-electron chi connectivity index (χ0n) is 19.6. The van der Waals surface area contributed by atoms with Crippen molar-refractivity contribution in [3.05, 3.63) is 47.2 Å². The summed E-state index contributed by atoms with van der Waals surface area (Å²) in [5, 5.41) is 5.38. The molecule has 170 valence electrons. The SMILES string of the molecule is CCCCCOc1c[c-]sc1-c1ccc(-c2ccc(-c3sccc3OCCCCC)s2)s1.[Li+]. The Hall–Kier alpha value is -1.00. The molecule has 0 saturated heterocycles. The average molecular weight is 509 g/mol. The number of rotatable bonds is 13. The van der Waals surface area contributed by atoms with Gasteiger partial charge in [0.2, 0.25) is 0 Å². The predicted molar refractivity (Wildman–Crippen MR) is 143 cm³/mol. The van der Waals surface area contributed by atoms with Crippen LogP contribution in [0, 0.1) is 5.38 Å². The second-order valence-corrected chi connectivity index (χ2v) is 11.5. The Morgan fingerprint density at radius 1 is 0.697 bits per heavy atom. The van der Waals surface area contributed by atoms with Crippen molar-refractivity contribution in [2.75, 3.05) is 13.2 Å². The van der Waals surface area contributed by atoms with Crippen LogP contribution in [0.2, 0.25) is 0 Å². The van der Waals surface area contributed by atoms with Gasteiger partial charge in [0, 0.05) is 14.6 Å². The first kappa shape index (κ1) is 26.6. The van der Waals surface area contributed by atoms with Gasteiger partial charge in [-0.05, 0) is 53.1 Å². The van der Waals surface area contributed by atoms with Crippen molar-refractivity contribution in [2.45, 2.75) is 52.4 Å². The Labute approximate surface area is 225 Å². The summed E-state index contributed by atoms with van der Waals surface area (Å²) in [7, 11) is 0. The molecule has 0 atom stereocenters. The minimum absolute atomic E-state index is 0. The van der Waals surface area contributed by atoms with Gasteiger partial charge >= 0.3 is 18.9 Å². The summed E-state index contributed by atoms with van der Waals surface area (Å²) in [4.78, 5) is 7.55. The second kappa shape index (κ2) is 13.8. The Bertz CT molecular complexity index is 1000. The Kier molecular flexibility index (Phi) is 11.1. The normalized spacial score (nSPS) is 10.8. The molecule has 4 aromatic rings. The molecule has 0 aliphatic heterocycles. The minimum Gasteiger partial charge on any atom is -0.561 e. The van der Waals surface area contributed by atoms with Crippen molar-refractivity contribution in [3.63, 3.8) is 0 Å². The molecular weight excluding hydrogens is 479 g/mol. The molecule has 0 radical (unpaired) electrons. The van der Waals surface area contributed by atoms with Crippen LogP contribution in [0.15, 0.2) is 41.8 Å². The van der Waals surface area contributed by atoms with Crippen LogP contribution in [-0.2, 0) is 0 Å². The third kappa shape index (κ3) is 7.01. The van der Waals surface area contributed by atoms with E-state index in [1.807, 2.05) is 28.7 Å². The van der Waals surface area contributed by atoms with Crippen LogP contribution in [0.4, 0.5) is 0 Å². The van der Waals surface area contributed by atoms with E-state index >= 15 is 0 Å². The van der Waals surface area contributed by atoms with Crippen LogP contribution in [-0.4, -0.2) is 13.2 Å². The van der Waals surface area contributed by atoms with Crippen LogP contribution in [0.3, 0.4) is 0 Å². The molecule has 0 spiro atoms. The summed E-state index contributed by atoms with van der Waals surface area (Å²) in [6, 6.07) is 13.0. The zero-order chi connectivity index (χ0) is 22.2. The predicted octanol–water partition coefficient (Wildman–Crippen LogP) is 6.88. The number of unbranched alkanes of at least 4 members (excludes halogenated alkanes) is 4. The quantitative estimate of drug-likeness (QED) is 0.111. The van der Waals surface area contributed by atoms with Gasteiger partial charge in [0.25, 0.3) is 0 Å². The maximum absolute atomic E-state index is 6.07. The van der Waals surface area contributed by atoms with E-state index in [2.05, 4.69) is 54.9 Å². The van der Waals surface area contributed by atoms with E-state index in [4.69, 9.17) is 9.47 Å². The average Bonchev–Trinajstić information content (AvgIpc) is 3.60. The molecule has 0 aliphatic carbocycles. The Morgan fingerprint density at radius 3 is 1.91 bits per heavy atom. The van der Waals surface area contributed by atoms with Gasteiger partial charge in [-0.25, -0.2) is 0 Å². The van der Waals surface area contributed by atoms with Gasteiger partial charge in [0.15, 0.2) is 0 Å². The van der Waals surface area contributed by atoms with Crippen molar-refractivity contribution in [1.82, 2.24) is 0 Å². The van der Waals surface area contributed by atoms with E-state index in [0.29, 0.717) is 0 Å². The van der Waals surface area contributed by atoms with E-state index < -0.39 is 0 Å². The van der Waals surface area contributed by atoms with Gasteiger partial charge in [0.05, 0.1) is 18.1 Å². The fourth-order valence-corrected chi connectivity index (χ4v) is 7.32. The van der Waals surface area contributed by atoms with E-state index in [-0.39, 0.29) is 18.9 Å². The summed E-state index contributed by atoms with van der Waals surface area (Å²) in [5.41, 5.74) is 0. The Morgan fingerprint density at radius 2 is 1.27 bits per heavy atom. The molecule has 4 rings (SSSR count). The van der Waals surface area contributed by atoms with Crippen LogP contribution < -0.4 is 28.3 Å². The fraction of sp³-hybridized carbons (Fsp3) is 0.385. The summed E-state index contributed by atoms with van der Waals surface area (Å²) in [6.07, 6.45) is 7.07.